The molecule has 0 atom stereocenters. The van der Waals surface area contributed by atoms with E-state index in [1.165, 1.54) is 24.8 Å². The molecule has 0 aliphatic heterocycles. The molecule has 2 aromatic rings. The number of nitrogens with zero attached hydrogens (tertiary/aromatic N) is 1. The minimum absolute atomic E-state index is 0.0818. The van der Waals surface area contributed by atoms with Gasteiger partial charge in [0.25, 0.3) is 0 Å². The van der Waals surface area contributed by atoms with Crippen molar-refractivity contribution in [3.05, 3.63) is 36.0 Å². The number of fused-ring (bicyclic) bond motifs is 1. The first-order valence-corrected chi connectivity index (χ1v) is 7.82. The average Bonchev–Trinajstić information content (AvgIpc) is 2.77. The lowest BCUT2D eigenvalue weighted by Crippen LogP contribution is -2.23. The largest absolute Gasteiger partial charge is 0.329 e. The Balaban J connectivity index is 1.91. The van der Waals surface area contributed by atoms with Crippen molar-refractivity contribution in [3.63, 3.8) is 0 Å². The monoisotopic (exact) mass is 306 g/mol. The van der Waals surface area contributed by atoms with Crippen LogP contribution in [0.5, 0.6) is 0 Å². The first kappa shape index (κ1) is 14.7. The first-order chi connectivity index (χ1) is 9.54. The van der Waals surface area contributed by atoms with Crippen molar-refractivity contribution in [2.75, 3.05) is 5.75 Å². The van der Waals surface area contributed by atoms with Crippen molar-refractivity contribution >= 4 is 45.0 Å². The maximum absolute atomic E-state index is 11.7. The van der Waals surface area contributed by atoms with Crippen molar-refractivity contribution in [2.24, 2.45) is 0 Å². The molecule has 1 N–H and O–H groups in total. The molecule has 0 aliphatic carbocycles. The molecule has 0 radical (unpaired) electrons. The summed E-state index contributed by atoms with van der Waals surface area (Å²) < 4.78 is 1.98. The van der Waals surface area contributed by atoms with E-state index < -0.39 is 0 Å². The van der Waals surface area contributed by atoms with E-state index in [9.17, 15) is 9.59 Å². The third kappa shape index (κ3) is 4.18. The van der Waals surface area contributed by atoms with Gasteiger partial charge in [0.2, 0.25) is 5.91 Å². The van der Waals surface area contributed by atoms with Gasteiger partial charge in [-0.1, -0.05) is 23.9 Å². The van der Waals surface area contributed by atoms with Gasteiger partial charge in [0.15, 0.2) is 10.1 Å². The summed E-state index contributed by atoms with van der Waals surface area (Å²) in [5, 5.41) is 2.67. The van der Waals surface area contributed by atoms with E-state index in [2.05, 4.69) is 10.3 Å². The molecule has 6 heteroatoms. The van der Waals surface area contributed by atoms with E-state index in [1.807, 2.05) is 24.3 Å². The summed E-state index contributed by atoms with van der Waals surface area (Å²) in [6.07, 6.45) is 1.40. The topological polar surface area (TPSA) is 59.1 Å². The van der Waals surface area contributed by atoms with Gasteiger partial charge in [0, 0.05) is 5.70 Å². The molecular weight excluding hydrogens is 292 g/mol. The quantitative estimate of drug-likeness (QED) is 0.681. The van der Waals surface area contributed by atoms with Crippen LogP contribution in [0.4, 0.5) is 0 Å². The summed E-state index contributed by atoms with van der Waals surface area (Å²) in [4.78, 5) is 27.0. The van der Waals surface area contributed by atoms with Crippen molar-refractivity contribution in [2.45, 2.75) is 18.2 Å². The van der Waals surface area contributed by atoms with Gasteiger partial charge >= 0.3 is 0 Å². The first-order valence-electron chi connectivity index (χ1n) is 6.01. The highest BCUT2D eigenvalue weighted by Gasteiger charge is 2.07. The molecule has 2 rings (SSSR count). The zero-order valence-electron chi connectivity index (χ0n) is 11.2. The molecule has 0 fully saturated rings. The number of benzene rings is 1. The van der Waals surface area contributed by atoms with Crippen LogP contribution in [0, 0.1) is 0 Å². The zero-order valence-corrected chi connectivity index (χ0v) is 12.8. The Kier molecular flexibility index (Phi) is 4.92. The highest BCUT2D eigenvalue weighted by atomic mass is 32.2. The third-order valence-electron chi connectivity index (χ3n) is 2.36. The van der Waals surface area contributed by atoms with Crippen LogP contribution in [0.1, 0.15) is 13.8 Å². The molecule has 0 spiro atoms. The Morgan fingerprint density at radius 1 is 1.35 bits per heavy atom. The third-order valence-corrected chi connectivity index (χ3v) is 4.54. The Bertz CT molecular complexity index is 644. The van der Waals surface area contributed by atoms with Gasteiger partial charge in [-0.3, -0.25) is 9.59 Å². The maximum atomic E-state index is 11.7. The Morgan fingerprint density at radius 2 is 2.10 bits per heavy atom. The Morgan fingerprint density at radius 3 is 2.80 bits per heavy atom. The molecule has 1 heterocycles. The minimum atomic E-state index is -0.135. The summed E-state index contributed by atoms with van der Waals surface area (Å²) in [6, 6.07) is 7.88. The molecule has 0 aliphatic rings. The number of thiazole rings is 1. The summed E-state index contributed by atoms with van der Waals surface area (Å²) >= 11 is 2.97. The molecule has 1 aromatic heterocycles. The molecule has 0 saturated heterocycles. The number of hydrogen-bond donors (Lipinski definition) is 1. The van der Waals surface area contributed by atoms with E-state index in [0.29, 0.717) is 5.70 Å². The Labute approximate surface area is 125 Å². The van der Waals surface area contributed by atoms with E-state index in [0.717, 1.165) is 14.6 Å². The highest BCUT2D eigenvalue weighted by molar-refractivity contribution is 8.01. The molecule has 0 unspecified atom stereocenters. The second-order valence-electron chi connectivity index (χ2n) is 4.22. The molecule has 0 bridgehead atoms. The highest BCUT2D eigenvalue weighted by Crippen LogP contribution is 2.28. The summed E-state index contributed by atoms with van der Waals surface area (Å²) in [5.74, 6) is 0.0639. The second-order valence-corrected chi connectivity index (χ2v) is 6.48. The van der Waals surface area contributed by atoms with Gasteiger partial charge < -0.3 is 5.32 Å². The van der Waals surface area contributed by atoms with Crippen LogP contribution < -0.4 is 5.32 Å². The van der Waals surface area contributed by atoms with Gasteiger partial charge in [0.05, 0.1) is 16.0 Å². The van der Waals surface area contributed by atoms with Crippen LogP contribution in [0.15, 0.2) is 40.4 Å². The van der Waals surface area contributed by atoms with E-state index in [-0.39, 0.29) is 17.4 Å². The lowest BCUT2D eigenvalue weighted by Gasteiger charge is -2.03. The van der Waals surface area contributed by atoms with Gasteiger partial charge in [-0.05, 0) is 32.1 Å². The molecule has 0 saturated carbocycles. The number of hydrogen-bond acceptors (Lipinski definition) is 5. The van der Waals surface area contributed by atoms with E-state index >= 15 is 0 Å². The summed E-state index contributed by atoms with van der Waals surface area (Å²) in [7, 11) is 0. The number of thioether (sulfide) groups is 1. The van der Waals surface area contributed by atoms with Crippen LogP contribution in [0.3, 0.4) is 0 Å². The summed E-state index contributed by atoms with van der Waals surface area (Å²) in [6.45, 7) is 3.15. The average molecular weight is 306 g/mol. The van der Waals surface area contributed by atoms with Gasteiger partial charge in [0.1, 0.15) is 0 Å². The molecule has 4 nitrogen and oxygen atoms in total. The van der Waals surface area contributed by atoms with Crippen molar-refractivity contribution in [1.29, 1.82) is 0 Å². The van der Waals surface area contributed by atoms with Crippen molar-refractivity contribution < 1.29 is 9.59 Å². The van der Waals surface area contributed by atoms with Crippen molar-refractivity contribution in [1.82, 2.24) is 10.3 Å². The molecule has 104 valence electrons. The fourth-order valence-corrected chi connectivity index (χ4v) is 3.51. The van der Waals surface area contributed by atoms with Crippen LogP contribution in [0.25, 0.3) is 10.2 Å². The standard InChI is InChI=1S/C14H14N2O2S2/c1-9(7-10(2)17)15-13(18)8-19-14-16-11-5-3-4-6-12(11)20-14/h3-7H,8H2,1-2H3,(H,15,18). The SMILES string of the molecule is CC(=O)C=C(C)NC(=O)CSc1nc2ccccc2s1. The number of rotatable bonds is 5. The number of ketones is 1. The van der Waals surface area contributed by atoms with E-state index in [4.69, 9.17) is 0 Å². The number of carbonyl (C=O) groups is 2. The van der Waals surface area contributed by atoms with Gasteiger partial charge in [-0.2, -0.15) is 0 Å². The lowest BCUT2D eigenvalue weighted by atomic mass is 10.3. The fraction of sp³-hybridized carbons (Fsp3) is 0.214. The van der Waals surface area contributed by atoms with Crippen molar-refractivity contribution in [3.8, 4) is 0 Å². The molecule has 20 heavy (non-hydrogen) atoms. The minimum Gasteiger partial charge on any atom is -0.329 e. The number of amides is 1. The smallest absolute Gasteiger partial charge is 0.234 e. The number of aromatic nitrogens is 1. The fourth-order valence-electron chi connectivity index (χ4n) is 1.64. The van der Waals surface area contributed by atoms with Crippen LogP contribution in [-0.2, 0) is 9.59 Å². The van der Waals surface area contributed by atoms with Crippen LogP contribution >= 0.6 is 23.1 Å². The number of nitrogens with one attached hydrogen (secondary N) is 1. The number of carbonyl (C=O) groups excluding carboxylic acids is 2. The number of allylic oxidation sites excluding steroid dienone is 2. The van der Waals surface area contributed by atoms with Gasteiger partial charge in [-0.25, -0.2) is 4.98 Å². The van der Waals surface area contributed by atoms with Gasteiger partial charge in [-0.15, -0.1) is 11.3 Å². The Hall–Kier alpha value is -1.66. The normalized spacial score (nSPS) is 11.6. The molecule has 1 amide bonds. The zero-order chi connectivity index (χ0) is 14.5. The number of para-hydroxylation sites is 1. The van der Waals surface area contributed by atoms with E-state index in [1.54, 1.807) is 18.3 Å². The molecular formula is C14H14N2O2S2. The molecule has 1 aromatic carbocycles. The second kappa shape index (κ2) is 6.67. The maximum Gasteiger partial charge on any atom is 0.234 e. The van der Waals surface area contributed by atoms with Crippen LogP contribution in [-0.4, -0.2) is 22.4 Å². The predicted molar refractivity (Wildman–Crippen MR) is 82.9 cm³/mol. The predicted octanol–water partition coefficient (Wildman–Crippen LogP) is 3.00. The summed E-state index contributed by atoms with van der Waals surface area (Å²) in [5.41, 5.74) is 1.51. The van der Waals surface area contributed by atoms with Crippen LogP contribution in [0.2, 0.25) is 0 Å². The lowest BCUT2D eigenvalue weighted by molar-refractivity contribution is -0.117.